The van der Waals surface area contributed by atoms with E-state index in [1.165, 1.54) is 6.92 Å². The maximum Gasteiger partial charge on any atom is 0.437 e. The predicted octanol–water partition coefficient (Wildman–Crippen LogP) is 2.65. The number of alkyl halides is 6. The van der Waals surface area contributed by atoms with Crippen molar-refractivity contribution in [2.75, 3.05) is 6.61 Å². The van der Waals surface area contributed by atoms with Gasteiger partial charge in [-0.05, 0) is 36.8 Å². The maximum atomic E-state index is 13.5. The molecule has 1 heterocycles. The number of rotatable bonds is 3. The van der Waals surface area contributed by atoms with Crippen LogP contribution in [0.1, 0.15) is 24.1 Å². The zero-order valence-electron chi connectivity index (χ0n) is 13.6. The first kappa shape index (κ1) is 21.2. The number of esters is 1. The van der Waals surface area contributed by atoms with Gasteiger partial charge in [-0.25, -0.2) is 0 Å². The van der Waals surface area contributed by atoms with Crippen LogP contribution in [0.4, 0.5) is 26.3 Å². The first-order valence-corrected chi connectivity index (χ1v) is 7.93. The van der Waals surface area contributed by atoms with Crippen LogP contribution < -0.4 is 10.6 Å². The molecule has 1 aromatic carbocycles. The van der Waals surface area contributed by atoms with Gasteiger partial charge in [0.2, 0.25) is 0 Å². The molecule has 0 bridgehead atoms. The molecule has 0 spiro atoms. The second-order valence-corrected chi connectivity index (χ2v) is 6.10. The van der Waals surface area contributed by atoms with Gasteiger partial charge in [0.15, 0.2) is 5.11 Å². The highest BCUT2D eigenvalue weighted by Crippen LogP contribution is 2.43. The van der Waals surface area contributed by atoms with E-state index in [1.807, 2.05) is 0 Å². The molecule has 3 atom stereocenters. The van der Waals surface area contributed by atoms with Crippen molar-refractivity contribution in [3.05, 3.63) is 35.4 Å². The molecule has 3 N–H and O–H groups in total. The number of carbonyl (C=O) groups excluding carboxylic acids is 1. The van der Waals surface area contributed by atoms with Crippen molar-refractivity contribution in [1.29, 1.82) is 0 Å². The second kappa shape index (κ2) is 7.15. The quantitative estimate of drug-likeness (QED) is 0.400. The molecular formula is C15H14F6N2O3S. The smallest absolute Gasteiger partial charge is 0.437 e. The Morgan fingerprint density at radius 1 is 1.22 bits per heavy atom. The van der Waals surface area contributed by atoms with Gasteiger partial charge in [-0.15, -0.1) is 0 Å². The standard InChI is InChI=1S/C15H14F6N2O3S/c1-2-26-11(24)9-10(7-3-5-8(6-4-7)14(16,17)18)22-12(27)23-13(9,25)15(19,20)21/h3-6,9-10,25H,2H2,1H3,(H2,22,23,27)/t9-,10-,13-/m0/s1. The lowest BCUT2D eigenvalue weighted by Crippen LogP contribution is -2.73. The van der Waals surface area contributed by atoms with E-state index in [0.29, 0.717) is 12.1 Å². The summed E-state index contributed by atoms with van der Waals surface area (Å²) in [5, 5.41) is 13.6. The summed E-state index contributed by atoms with van der Waals surface area (Å²) in [6.45, 7) is 1.08. The Balaban J connectivity index is 2.53. The molecule has 27 heavy (non-hydrogen) atoms. The van der Waals surface area contributed by atoms with E-state index in [4.69, 9.17) is 0 Å². The lowest BCUT2D eigenvalue weighted by atomic mass is 9.82. The van der Waals surface area contributed by atoms with E-state index in [2.05, 4.69) is 22.3 Å². The van der Waals surface area contributed by atoms with Gasteiger partial charge in [0, 0.05) is 0 Å². The summed E-state index contributed by atoms with van der Waals surface area (Å²) in [5.74, 6) is -3.66. The van der Waals surface area contributed by atoms with Crippen molar-refractivity contribution in [2.24, 2.45) is 5.92 Å². The van der Waals surface area contributed by atoms with Crippen molar-refractivity contribution in [3.8, 4) is 0 Å². The van der Waals surface area contributed by atoms with Gasteiger partial charge in [-0.1, -0.05) is 12.1 Å². The fraction of sp³-hybridized carbons (Fsp3) is 0.467. The highest BCUT2D eigenvalue weighted by molar-refractivity contribution is 7.80. The summed E-state index contributed by atoms with van der Waals surface area (Å²) in [5.41, 5.74) is -4.91. The van der Waals surface area contributed by atoms with E-state index >= 15 is 0 Å². The highest BCUT2D eigenvalue weighted by atomic mass is 32.1. The third-order valence-corrected chi connectivity index (χ3v) is 4.16. The zero-order valence-corrected chi connectivity index (χ0v) is 14.4. The molecule has 2 rings (SSSR count). The number of hydrogen-bond donors (Lipinski definition) is 3. The van der Waals surface area contributed by atoms with Crippen LogP contribution in [0.15, 0.2) is 24.3 Å². The maximum absolute atomic E-state index is 13.5. The highest BCUT2D eigenvalue weighted by Gasteiger charge is 2.66. The number of aliphatic hydroxyl groups is 1. The van der Waals surface area contributed by atoms with Gasteiger partial charge in [0.25, 0.3) is 5.72 Å². The van der Waals surface area contributed by atoms with Crippen LogP contribution in [0, 0.1) is 5.92 Å². The number of thiocarbonyl (C=S) groups is 1. The lowest BCUT2D eigenvalue weighted by molar-refractivity contribution is -0.292. The van der Waals surface area contributed by atoms with Crippen LogP contribution in [-0.4, -0.2) is 34.7 Å². The number of ether oxygens (including phenoxy) is 1. The van der Waals surface area contributed by atoms with Crippen LogP contribution in [0.5, 0.6) is 0 Å². The van der Waals surface area contributed by atoms with Crippen LogP contribution >= 0.6 is 12.2 Å². The fourth-order valence-corrected chi connectivity index (χ4v) is 2.98. The SMILES string of the molecule is CCOC(=O)[C@@H]1[C@H](c2ccc(C(F)(F)F)cc2)NC(=S)N[C@@]1(O)C(F)(F)F. The Kier molecular flexibility index (Phi) is 5.62. The molecule has 0 amide bonds. The fourth-order valence-electron chi connectivity index (χ4n) is 2.69. The number of hydrogen-bond acceptors (Lipinski definition) is 4. The molecule has 0 aliphatic carbocycles. The minimum absolute atomic E-state index is 0.118. The summed E-state index contributed by atoms with van der Waals surface area (Å²) in [6, 6.07) is 1.52. The molecule has 1 aliphatic rings. The van der Waals surface area contributed by atoms with E-state index in [9.17, 15) is 36.2 Å². The monoisotopic (exact) mass is 416 g/mol. The Labute approximate surface area is 154 Å². The van der Waals surface area contributed by atoms with Gasteiger partial charge in [0.05, 0.1) is 18.2 Å². The van der Waals surface area contributed by atoms with Gasteiger partial charge in [-0.2, -0.15) is 26.3 Å². The molecular weight excluding hydrogens is 402 g/mol. The number of carbonyl (C=O) groups is 1. The topological polar surface area (TPSA) is 70.6 Å². The van der Waals surface area contributed by atoms with Gasteiger partial charge < -0.3 is 20.5 Å². The molecule has 0 saturated carbocycles. The predicted molar refractivity (Wildman–Crippen MR) is 84.2 cm³/mol. The number of nitrogens with one attached hydrogen (secondary N) is 2. The number of benzene rings is 1. The Hall–Kier alpha value is -2.08. The summed E-state index contributed by atoms with van der Waals surface area (Å²) in [4.78, 5) is 12.2. The summed E-state index contributed by atoms with van der Waals surface area (Å²) >= 11 is 4.68. The largest absolute Gasteiger partial charge is 0.466 e. The van der Waals surface area contributed by atoms with Crippen LogP contribution in [0.25, 0.3) is 0 Å². The Morgan fingerprint density at radius 2 is 1.78 bits per heavy atom. The van der Waals surface area contributed by atoms with Gasteiger partial charge in [-0.3, -0.25) is 4.79 Å². The molecule has 0 unspecified atom stereocenters. The minimum atomic E-state index is -5.33. The first-order chi connectivity index (χ1) is 12.3. The van der Waals surface area contributed by atoms with E-state index < -0.39 is 46.7 Å². The minimum Gasteiger partial charge on any atom is -0.466 e. The van der Waals surface area contributed by atoms with Crippen molar-refractivity contribution in [1.82, 2.24) is 10.6 Å². The average Bonchev–Trinajstić information content (AvgIpc) is 2.52. The van der Waals surface area contributed by atoms with Crippen molar-refractivity contribution in [2.45, 2.75) is 31.0 Å². The Morgan fingerprint density at radius 3 is 2.22 bits per heavy atom. The third-order valence-electron chi connectivity index (χ3n) is 3.94. The normalized spacial score (nSPS) is 26.1. The van der Waals surface area contributed by atoms with E-state index in [-0.39, 0.29) is 12.2 Å². The molecule has 1 aromatic rings. The van der Waals surface area contributed by atoms with Crippen LogP contribution in [0.2, 0.25) is 0 Å². The number of halogens is 6. The molecule has 0 aromatic heterocycles. The molecule has 1 fully saturated rings. The van der Waals surface area contributed by atoms with Crippen molar-refractivity contribution < 1.29 is 41.0 Å². The van der Waals surface area contributed by atoms with E-state index in [0.717, 1.165) is 12.1 Å². The summed E-state index contributed by atoms with van der Waals surface area (Å²) in [7, 11) is 0. The van der Waals surface area contributed by atoms with E-state index in [1.54, 1.807) is 5.32 Å². The molecule has 12 heteroatoms. The molecule has 0 radical (unpaired) electrons. The van der Waals surface area contributed by atoms with Crippen molar-refractivity contribution >= 4 is 23.3 Å². The van der Waals surface area contributed by atoms with Gasteiger partial charge in [0.1, 0.15) is 5.92 Å². The van der Waals surface area contributed by atoms with Gasteiger partial charge >= 0.3 is 18.3 Å². The third kappa shape index (κ3) is 4.10. The zero-order chi connectivity index (χ0) is 20.6. The molecule has 1 saturated heterocycles. The molecule has 5 nitrogen and oxygen atoms in total. The summed E-state index contributed by atoms with van der Waals surface area (Å²) < 4.78 is 83.2. The summed E-state index contributed by atoms with van der Waals surface area (Å²) in [6.07, 6.45) is -9.98. The Bertz CT molecular complexity index is 722. The van der Waals surface area contributed by atoms with Crippen LogP contribution in [0.3, 0.4) is 0 Å². The average molecular weight is 416 g/mol. The molecule has 1 aliphatic heterocycles. The molecule has 150 valence electrons. The second-order valence-electron chi connectivity index (χ2n) is 5.69. The first-order valence-electron chi connectivity index (χ1n) is 7.53. The lowest BCUT2D eigenvalue weighted by Gasteiger charge is -2.45. The van der Waals surface area contributed by atoms with Crippen LogP contribution in [-0.2, 0) is 15.7 Å². The van der Waals surface area contributed by atoms with Crippen molar-refractivity contribution in [3.63, 3.8) is 0 Å².